The predicted octanol–water partition coefficient (Wildman–Crippen LogP) is 8.90. The number of nitrogens with zero attached hydrogens (tertiary/aromatic N) is 2. The van der Waals surface area contributed by atoms with E-state index in [0.29, 0.717) is 51.9 Å². The number of methoxy groups -OCH3 is 2. The molecule has 4 aliphatic heterocycles. The molecule has 0 bridgehead atoms. The van der Waals surface area contributed by atoms with E-state index in [1.54, 1.807) is 91.8 Å². The van der Waals surface area contributed by atoms with E-state index in [1.165, 1.54) is 38.5 Å². The summed E-state index contributed by atoms with van der Waals surface area (Å²) < 4.78 is 81.4. The molecule has 0 amide bonds. The number of likely N-dealkylation sites (tertiary alicyclic amines) is 1. The highest BCUT2D eigenvalue weighted by molar-refractivity contribution is 6.50. The highest BCUT2D eigenvalue weighted by Crippen LogP contribution is 2.57. The van der Waals surface area contributed by atoms with Crippen LogP contribution in [0, 0.1) is 33.3 Å². The summed E-state index contributed by atoms with van der Waals surface area (Å²) in [5, 5.41) is 0. The van der Waals surface area contributed by atoms with Crippen LogP contribution in [0.25, 0.3) is 5.70 Å². The maximum atomic E-state index is 14.3. The second-order valence-corrected chi connectivity index (χ2v) is 20.8. The number of piperidine rings is 2. The summed E-state index contributed by atoms with van der Waals surface area (Å²) in [4.78, 5) is 81.6. The molecule has 0 radical (unpaired) electrons. The Morgan fingerprint density at radius 3 is 1.40 bits per heavy atom. The molecule has 4 heterocycles. The highest BCUT2D eigenvalue weighted by atomic mass is 19.5. The third-order valence-corrected chi connectivity index (χ3v) is 15.0. The number of hydrogen-bond acceptors (Lipinski definition) is 11. The van der Waals surface area contributed by atoms with Crippen LogP contribution >= 0.6 is 0 Å². The Morgan fingerprint density at radius 1 is 0.614 bits per heavy atom. The lowest BCUT2D eigenvalue weighted by Crippen LogP contribution is -2.68. The summed E-state index contributed by atoms with van der Waals surface area (Å²) in [6.07, 6.45) is 11.1. The molecule has 8 rings (SSSR count). The lowest BCUT2D eigenvalue weighted by Gasteiger charge is -2.55. The fraction of sp³-hybridized carbons (Fsp3) is 0.510. The normalized spacial score (nSPS) is 29.0. The number of halogens is 6. The number of Topliss-reactive ketones (excluding diaryl/α,β-unsaturated/α-hetero) is 4. The predicted molar refractivity (Wildman–Crippen MR) is 245 cm³/mol. The van der Waals surface area contributed by atoms with Gasteiger partial charge in [-0.05, 0) is 128 Å². The Bertz CT molecular complexity index is 2590. The van der Waals surface area contributed by atoms with E-state index in [-0.39, 0.29) is 45.9 Å². The van der Waals surface area contributed by atoms with E-state index < -0.39 is 51.7 Å². The van der Waals surface area contributed by atoms with Gasteiger partial charge in [0.1, 0.15) is 35.9 Å². The minimum absolute atomic E-state index is 0.271. The van der Waals surface area contributed by atoms with E-state index in [4.69, 9.17) is 29.0 Å². The molecule has 6 aliphatic rings. The second-order valence-electron chi connectivity index (χ2n) is 20.8. The van der Waals surface area contributed by atoms with E-state index in [2.05, 4.69) is 9.48 Å². The largest absolute Gasteiger partial charge is 0.673 e. The molecule has 2 unspecified atom stereocenters. The van der Waals surface area contributed by atoms with E-state index in [0.717, 1.165) is 22.5 Å². The molecular formula is C51H59BF6N2O10. The van der Waals surface area contributed by atoms with Crippen LogP contribution < -0.4 is 0 Å². The number of ketones is 4. The van der Waals surface area contributed by atoms with E-state index in [9.17, 15) is 45.2 Å². The summed E-state index contributed by atoms with van der Waals surface area (Å²) in [5.74, 6) is -5.48. The molecule has 19 heteroatoms. The maximum absolute atomic E-state index is 14.3. The number of fused-ring (bicyclic) bond motifs is 2. The van der Waals surface area contributed by atoms with Crippen LogP contribution in [-0.4, -0.2) is 109 Å². The molecule has 378 valence electrons. The van der Waals surface area contributed by atoms with Gasteiger partial charge >= 0.3 is 7.25 Å². The zero-order valence-corrected chi connectivity index (χ0v) is 41.0. The topological polar surface area (TPSA) is 130 Å². The lowest BCUT2D eigenvalue weighted by molar-refractivity contribution is -0.561. The van der Waals surface area contributed by atoms with Gasteiger partial charge in [-0.25, -0.2) is 23.1 Å². The third-order valence-electron chi connectivity index (χ3n) is 15.0. The zero-order valence-electron chi connectivity index (χ0n) is 41.0. The van der Waals surface area contributed by atoms with Crippen molar-refractivity contribution >= 4 is 41.8 Å². The molecule has 2 aromatic carbocycles. The summed E-state index contributed by atoms with van der Waals surface area (Å²) in [5.41, 5.74) is -3.26. The molecule has 0 N–H and O–H groups in total. The maximum Gasteiger partial charge on any atom is 0.673 e. The smallest absolute Gasteiger partial charge is 0.418 e. The fourth-order valence-corrected chi connectivity index (χ4v) is 10.9. The van der Waals surface area contributed by atoms with Gasteiger partial charge in [-0.3, -0.25) is 19.2 Å². The van der Waals surface area contributed by atoms with Crippen LogP contribution in [0.1, 0.15) is 92.2 Å². The number of ether oxygens (including phenoxy) is 2. The van der Waals surface area contributed by atoms with Gasteiger partial charge in [0.2, 0.25) is 17.3 Å². The Hall–Kier alpha value is -5.05. The van der Waals surface area contributed by atoms with Crippen molar-refractivity contribution in [3.8, 4) is 0 Å². The first-order valence-electron chi connectivity index (χ1n) is 23.1. The Morgan fingerprint density at radius 2 is 1.00 bits per heavy atom. The first kappa shape index (κ1) is 52.8. The minimum atomic E-state index is -6.00. The summed E-state index contributed by atoms with van der Waals surface area (Å²) in [7, 11) is -3.19. The van der Waals surface area contributed by atoms with Crippen molar-refractivity contribution in [1.29, 1.82) is 0 Å². The van der Waals surface area contributed by atoms with Crippen molar-refractivity contribution < 1.29 is 78.8 Å². The van der Waals surface area contributed by atoms with Crippen molar-refractivity contribution in [2.75, 3.05) is 40.4 Å². The van der Waals surface area contributed by atoms with Crippen molar-refractivity contribution in [3.05, 3.63) is 113 Å². The molecule has 2 saturated heterocycles. The molecular weight excluding hydrogens is 925 g/mol. The SMILES string of the molecule is COC12OOC3(C=C1C(=O)C(C)(C)C(=O)C2(C)C)CCN(/C(=C/C=C/C(c1ccc(F)cc1)=[N+]1CCC2(C=C4C(=O)C(C)(C)C(=O)C(C)(C)C4(OC)OO2)CC1)c1ccc(F)cc1)CC3.F[B-](F)(F)F. The van der Waals surface area contributed by atoms with Gasteiger partial charge in [-0.1, -0.05) is 6.08 Å². The highest BCUT2D eigenvalue weighted by Gasteiger charge is 2.70. The Kier molecular flexibility index (Phi) is 13.7. The monoisotopic (exact) mass is 984 g/mol. The van der Waals surface area contributed by atoms with Crippen LogP contribution in [0.2, 0.25) is 0 Å². The number of allylic oxidation sites excluding steroid dienone is 3. The average Bonchev–Trinajstić information content (AvgIpc) is 3.31. The van der Waals surface area contributed by atoms with E-state index >= 15 is 0 Å². The quantitative estimate of drug-likeness (QED) is 0.0659. The molecule has 2 aromatic rings. The number of rotatable bonds is 7. The van der Waals surface area contributed by atoms with Gasteiger partial charge in [0.25, 0.3) is 0 Å². The molecule has 0 aromatic heterocycles. The molecule has 12 nitrogen and oxygen atoms in total. The van der Waals surface area contributed by atoms with Gasteiger partial charge in [0, 0.05) is 70.3 Å². The van der Waals surface area contributed by atoms with Crippen LogP contribution in [-0.2, 0) is 48.2 Å². The standard InChI is InChI=1S/C51H59F2N2O10.BF4/c1-44(2)40(56)36-30-48(62-64-50(36,60-9)46(5,6)42(44)58)22-26-54(27-23-48)38(32-14-18-34(52)19-15-32)12-11-13-39(33-16-20-35(53)21-17-33)55-28-24-49(25-29-55)31-37-41(57)45(3,4)43(59)47(7,8)51(37,61-10)65-63-49;2-1(3,4)5/h11-21,30-31H,22-29H2,1-10H3;/q+1;-1. The van der Waals surface area contributed by atoms with Gasteiger partial charge in [-0.2, -0.15) is 9.78 Å². The number of benzene rings is 2. The minimum Gasteiger partial charge on any atom is -0.418 e. The zero-order chi connectivity index (χ0) is 51.7. The Labute approximate surface area is 403 Å². The second kappa shape index (κ2) is 18.2. The van der Waals surface area contributed by atoms with Gasteiger partial charge in [-0.15, -0.1) is 0 Å². The van der Waals surface area contributed by atoms with Crippen LogP contribution in [0.3, 0.4) is 0 Å². The van der Waals surface area contributed by atoms with Crippen LogP contribution in [0.5, 0.6) is 0 Å². The third kappa shape index (κ3) is 8.88. The van der Waals surface area contributed by atoms with Crippen molar-refractivity contribution in [2.24, 2.45) is 21.7 Å². The lowest BCUT2D eigenvalue weighted by atomic mass is 9.57. The summed E-state index contributed by atoms with van der Waals surface area (Å²) >= 11 is 0. The Balaban J connectivity index is 0.00000137. The van der Waals surface area contributed by atoms with Gasteiger partial charge in [0.15, 0.2) is 23.1 Å². The van der Waals surface area contributed by atoms with E-state index in [1.807, 2.05) is 18.2 Å². The molecule has 2 atom stereocenters. The number of carbonyl (C=O) groups excluding carboxylic acids is 4. The number of carbonyl (C=O) groups is 4. The molecule has 2 saturated carbocycles. The molecule has 2 aliphatic carbocycles. The van der Waals surface area contributed by atoms with Crippen molar-refractivity contribution in [1.82, 2.24) is 4.90 Å². The first-order valence-corrected chi connectivity index (χ1v) is 23.1. The van der Waals surface area contributed by atoms with Crippen LogP contribution in [0.15, 0.2) is 90.1 Å². The van der Waals surface area contributed by atoms with Crippen molar-refractivity contribution in [2.45, 2.75) is 104 Å². The fourth-order valence-electron chi connectivity index (χ4n) is 10.9. The first-order chi connectivity index (χ1) is 32.5. The van der Waals surface area contributed by atoms with Gasteiger partial charge in [0.05, 0.1) is 32.8 Å². The summed E-state index contributed by atoms with van der Waals surface area (Å²) in [6.45, 7) is 15.2. The molecule has 4 fully saturated rings. The molecule has 2 spiro atoms. The van der Waals surface area contributed by atoms with Crippen LogP contribution in [0.4, 0.5) is 26.0 Å². The number of hydrogen-bond donors (Lipinski definition) is 0. The summed E-state index contributed by atoms with van der Waals surface area (Å²) in [6, 6.07) is 12.5. The molecule has 70 heavy (non-hydrogen) atoms. The van der Waals surface area contributed by atoms with Crippen molar-refractivity contribution in [3.63, 3.8) is 0 Å². The van der Waals surface area contributed by atoms with Gasteiger partial charge < -0.3 is 31.6 Å². The average molecular weight is 985 g/mol.